The molecule has 2 rings (SSSR count). The first-order chi connectivity index (χ1) is 9.30. The Bertz CT molecular complexity index is 728. The van der Waals surface area contributed by atoms with E-state index in [2.05, 4.69) is 4.98 Å². The van der Waals surface area contributed by atoms with Gasteiger partial charge in [0.15, 0.2) is 0 Å². The average molecular weight is 315 g/mol. The highest BCUT2D eigenvalue weighted by molar-refractivity contribution is 7.89. The number of halogens is 1. The van der Waals surface area contributed by atoms with Crippen molar-refractivity contribution in [2.75, 3.05) is 12.8 Å². The lowest BCUT2D eigenvalue weighted by molar-refractivity contribution is 0.462. The van der Waals surface area contributed by atoms with Crippen LogP contribution in [0.1, 0.15) is 10.7 Å². The number of nitrogens with two attached hydrogens (primary N) is 1. The summed E-state index contributed by atoms with van der Waals surface area (Å²) in [6.45, 7) is 2.01. The van der Waals surface area contributed by atoms with Gasteiger partial charge < -0.3 is 5.73 Å². The number of rotatable bonds is 4. The van der Waals surface area contributed by atoms with E-state index < -0.39 is 15.8 Å². The maximum absolute atomic E-state index is 13.1. The van der Waals surface area contributed by atoms with Crippen LogP contribution < -0.4 is 5.73 Å². The van der Waals surface area contributed by atoms with E-state index in [1.54, 1.807) is 5.38 Å². The standard InChI is InChI=1S/C12H14FN3O2S2/c1-8-15-9(7-19-8)6-16(2)20(17,18)10-3-4-11(13)12(14)5-10/h3-5,7H,6,14H2,1-2H3. The van der Waals surface area contributed by atoms with Crippen LogP contribution in [0, 0.1) is 12.7 Å². The van der Waals surface area contributed by atoms with Gasteiger partial charge in [-0.2, -0.15) is 4.31 Å². The van der Waals surface area contributed by atoms with Gasteiger partial charge in [-0.05, 0) is 25.1 Å². The Morgan fingerprint density at radius 2 is 2.15 bits per heavy atom. The second-order valence-corrected chi connectivity index (χ2v) is 7.41. The van der Waals surface area contributed by atoms with Gasteiger partial charge in [-0.1, -0.05) is 0 Å². The molecule has 0 unspecified atom stereocenters. The quantitative estimate of drug-likeness (QED) is 0.876. The highest BCUT2D eigenvalue weighted by Crippen LogP contribution is 2.21. The number of aromatic nitrogens is 1. The Balaban J connectivity index is 2.27. The van der Waals surface area contributed by atoms with E-state index in [1.807, 2.05) is 6.92 Å². The van der Waals surface area contributed by atoms with Gasteiger partial charge in [-0.15, -0.1) is 11.3 Å². The van der Waals surface area contributed by atoms with E-state index >= 15 is 0 Å². The molecule has 0 aliphatic heterocycles. The molecule has 0 radical (unpaired) electrons. The molecule has 108 valence electrons. The zero-order chi connectivity index (χ0) is 14.9. The SMILES string of the molecule is Cc1nc(CN(C)S(=O)(=O)c2ccc(F)c(N)c2)cs1. The number of nitrogens with zero attached hydrogens (tertiary/aromatic N) is 2. The monoisotopic (exact) mass is 315 g/mol. The van der Waals surface area contributed by atoms with Crippen molar-refractivity contribution in [2.45, 2.75) is 18.4 Å². The highest BCUT2D eigenvalue weighted by Gasteiger charge is 2.22. The molecule has 8 heteroatoms. The molecule has 0 spiro atoms. The summed E-state index contributed by atoms with van der Waals surface area (Å²) in [7, 11) is -2.27. The fourth-order valence-electron chi connectivity index (χ4n) is 1.66. The van der Waals surface area contributed by atoms with Gasteiger partial charge >= 0.3 is 0 Å². The third kappa shape index (κ3) is 2.97. The fourth-order valence-corrected chi connectivity index (χ4v) is 3.44. The predicted molar refractivity (Wildman–Crippen MR) is 76.3 cm³/mol. The molecule has 0 atom stereocenters. The highest BCUT2D eigenvalue weighted by atomic mass is 32.2. The summed E-state index contributed by atoms with van der Waals surface area (Å²) in [6.07, 6.45) is 0. The van der Waals surface area contributed by atoms with Crippen LogP contribution in [0.2, 0.25) is 0 Å². The summed E-state index contributed by atoms with van der Waals surface area (Å²) in [4.78, 5) is 4.18. The molecule has 0 amide bonds. The lowest BCUT2D eigenvalue weighted by Gasteiger charge is -2.16. The number of sulfonamides is 1. The molecule has 0 bridgehead atoms. The van der Waals surface area contributed by atoms with Crippen LogP contribution >= 0.6 is 11.3 Å². The van der Waals surface area contributed by atoms with Crippen molar-refractivity contribution in [1.29, 1.82) is 0 Å². The normalized spacial score (nSPS) is 12.0. The number of hydrogen-bond donors (Lipinski definition) is 1. The summed E-state index contributed by atoms with van der Waals surface area (Å²) in [5, 5.41) is 2.68. The molecule has 0 saturated heterocycles. The first-order valence-electron chi connectivity index (χ1n) is 5.73. The Kier molecular flexibility index (Phi) is 4.07. The van der Waals surface area contributed by atoms with Crippen LogP contribution in [0.4, 0.5) is 10.1 Å². The third-order valence-corrected chi connectivity index (χ3v) is 5.35. The van der Waals surface area contributed by atoms with E-state index in [0.717, 1.165) is 21.4 Å². The van der Waals surface area contributed by atoms with Gasteiger partial charge in [0.2, 0.25) is 10.0 Å². The lowest BCUT2D eigenvalue weighted by Crippen LogP contribution is -2.26. The summed E-state index contributed by atoms with van der Waals surface area (Å²) in [5.74, 6) is -0.637. The third-order valence-electron chi connectivity index (χ3n) is 2.73. The van der Waals surface area contributed by atoms with Gasteiger partial charge in [0.05, 0.1) is 27.8 Å². The lowest BCUT2D eigenvalue weighted by atomic mass is 10.3. The molecule has 0 fully saturated rings. The maximum Gasteiger partial charge on any atom is 0.243 e. The van der Waals surface area contributed by atoms with E-state index in [9.17, 15) is 12.8 Å². The Morgan fingerprint density at radius 1 is 1.45 bits per heavy atom. The van der Waals surface area contributed by atoms with Crippen LogP contribution in [0.15, 0.2) is 28.5 Å². The van der Waals surface area contributed by atoms with Gasteiger partial charge in [-0.25, -0.2) is 17.8 Å². The van der Waals surface area contributed by atoms with Crippen molar-refractivity contribution in [3.63, 3.8) is 0 Å². The van der Waals surface area contributed by atoms with Crippen molar-refractivity contribution >= 4 is 27.0 Å². The Hall–Kier alpha value is -1.51. The van der Waals surface area contributed by atoms with Crippen molar-refractivity contribution < 1.29 is 12.8 Å². The average Bonchev–Trinajstić information content (AvgIpc) is 2.78. The predicted octanol–water partition coefficient (Wildman–Crippen LogP) is 1.99. The summed E-state index contributed by atoms with van der Waals surface area (Å²) in [6, 6.07) is 3.36. The largest absolute Gasteiger partial charge is 0.396 e. The van der Waals surface area contributed by atoms with Crippen LogP contribution in [-0.4, -0.2) is 24.8 Å². The topological polar surface area (TPSA) is 76.3 Å². The Morgan fingerprint density at radius 3 is 2.70 bits per heavy atom. The number of thiazole rings is 1. The molecular weight excluding hydrogens is 301 g/mol. The van der Waals surface area contributed by atoms with Crippen LogP contribution in [0.3, 0.4) is 0 Å². The number of aryl methyl sites for hydroxylation is 1. The van der Waals surface area contributed by atoms with E-state index in [4.69, 9.17) is 5.73 Å². The Labute approximate surface area is 120 Å². The maximum atomic E-state index is 13.1. The molecule has 1 aromatic heterocycles. The molecule has 20 heavy (non-hydrogen) atoms. The summed E-state index contributed by atoms with van der Waals surface area (Å²) < 4.78 is 38.9. The van der Waals surface area contributed by atoms with Gasteiger partial charge in [-0.3, -0.25) is 0 Å². The number of nitrogen functional groups attached to an aromatic ring is 1. The molecule has 0 aliphatic rings. The van der Waals surface area contributed by atoms with Crippen molar-refractivity contribution in [3.8, 4) is 0 Å². The van der Waals surface area contributed by atoms with Gasteiger partial charge in [0.1, 0.15) is 5.82 Å². The van der Waals surface area contributed by atoms with Crippen LogP contribution in [0.25, 0.3) is 0 Å². The molecule has 0 saturated carbocycles. The minimum atomic E-state index is -3.72. The first-order valence-corrected chi connectivity index (χ1v) is 8.05. The fraction of sp³-hybridized carbons (Fsp3) is 0.250. The minimum absolute atomic E-state index is 0.0362. The van der Waals surface area contributed by atoms with Crippen molar-refractivity contribution in [3.05, 3.63) is 40.1 Å². The van der Waals surface area contributed by atoms with E-state index in [0.29, 0.717) is 5.69 Å². The number of hydrogen-bond acceptors (Lipinski definition) is 5. The molecule has 1 aromatic carbocycles. The summed E-state index contributed by atoms with van der Waals surface area (Å²) >= 11 is 1.46. The molecule has 5 nitrogen and oxygen atoms in total. The molecule has 0 aliphatic carbocycles. The number of anilines is 1. The van der Waals surface area contributed by atoms with Crippen LogP contribution in [-0.2, 0) is 16.6 Å². The summed E-state index contributed by atoms with van der Waals surface area (Å²) in [5.41, 5.74) is 5.89. The molecule has 2 N–H and O–H groups in total. The second kappa shape index (κ2) is 5.47. The zero-order valence-electron chi connectivity index (χ0n) is 11.0. The van der Waals surface area contributed by atoms with E-state index in [1.165, 1.54) is 24.5 Å². The van der Waals surface area contributed by atoms with Crippen molar-refractivity contribution in [1.82, 2.24) is 9.29 Å². The molecule has 1 heterocycles. The smallest absolute Gasteiger partial charge is 0.243 e. The second-order valence-electron chi connectivity index (χ2n) is 4.30. The zero-order valence-corrected chi connectivity index (χ0v) is 12.6. The first kappa shape index (κ1) is 14.9. The van der Waals surface area contributed by atoms with Gasteiger partial charge in [0.25, 0.3) is 0 Å². The minimum Gasteiger partial charge on any atom is -0.396 e. The molecule has 2 aromatic rings. The van der Waals surface area contributed by atoms with Crippen LogP contribution in [0.5, 0.6) is 0 Å². The van der Waals surface area contributed by atoms with Gasteiger partial charge in [0, 0.05) is 12.4 Å². The van der Waals surface area contributed by atoms with Crippen molar-refractivity contribution in [2.24, 2.45) is 0 Å². The number of benzene rings is 1. The van der Waals surface area contributed by atoms with E-state index in [-0.39, 0.29) is 17.1 Å². The molecular formula is C12H14FN3O2S2.